The Morgan fingerprint density at radius 1 is 1.19 bits per heavy atom. The van der Waals surface area contributed by atoms with E-state index in [9.17, 15) is 13.2 Å². The van der Waals surface area contributed by atoms with E-state index in [4.69, 9.17) is 4.42 Å². The third-order valence-electron chi connectivity index (χ3n) is 4.10. The lowest BCUT2D eigenvalue weighted by atomic mass is 10.2. The first-order valence-corrected chi connectivity index (χ1v) is 10.5. The number of benzene rings is 1. The summed E-state index contributed by atoms with van der Waals surface area (Å²) < 4.78 is 32.2. The van der Waals surface area contributed by atoms with Crippen LogP contribution in [0.1, 0.15) is 38.0 Å². The molecule has 0 saturated heterocycles. The van der Waals surface area contributed by atoms with E-state index in [2.05, 4.69) is 11.6 Å². The summed E-state index contributed by atoms with van der Waals surface area (Å²) in [6.07, 6.45) is 6.73. The number of sulfonamides is 1. The van der Waals surface area contributed by atoms with Crippen LogP contribution in [0.15, 0.2) is 58.1 Å². The topological polar surface area (TPSA) is 79.6 Å². The molecule has 7 heteroatoms. The van der Waals surface area contributed by atoms with E-state index >= 15 is 0 Å². The first-order valence-electron chi connectivity index (χ1n) is 9.05. The largest absolute Gasteiger partial charge is 0.468 e. The lowest BCUT2D eigenvalue weighted by molar-refractivity contribution is -0.125. The van der Waals surface area contributed by atoms with Crippen molar-refractivity contribution in [2.75, 3.05) is 13.1 Å². The van der Waals surface area contributed by atoms with E-state index in [-0.39, 0.29) is 17.3 Å². The lowest BCUT2D eigenvalue weighted by Crippen LogP contribution is -2.30. The Labute approximate surface area is 160 Å². The quantitative estimate of drug-likeness (QED) is 0.631. The summed E-state index contributed by atoms with van der Waals surface area (Å²) in [5.74, 6) is 0.503. The Hall–Kier alpha value is -2.38. The number of amides is 1. The van der Waals surface area contributed by atoms with Crippen LogP contribution in [0.2, 0.25) is 0 Å². The van der Waals surface area contributed by atoms with Crippen LogP contribution in [-0.2, 0) is 21.4 Å². The third kappa shape index (κ3) is 6.37. The van der Waals surface area contributed by atoms with Gasteiger partial charge in [-0.05, 0) is 49.2 Å². The summed E-state index contributed by atoms with van der Waals surface area (Å²) in [6.45, 7) is 5.55. The second-order valence-corrected chi connectivity index (χ2v) is 7.84. The number of nitrogens with one attached hydrogen (secondary N) is 1. The number of rotatable bonds is 10. The van der Waals surface area contributed by atoms with Crippen LogP contribution in [0.5, 0.6) is 0 Å². The molecule has 0 aliphatic rings. The standard InChI is InChI=1S/C20H26N2O4S/c1-3-5-14-22(4-2)20(23)13-10-17-8-11-19(12-9-17)27(24,25)21-16-18-7-6-15-26-18/h6-13,15,21H,3-5,14,16H2,1-2H3/b13-10+. The zero-order chi connectivity index (χ0) is 19.7. The number of carbonyl (C=O) groups excluding carboxylic acids is 1. The van der Waals surface area contributed by atoms with E-state index in [1.807, 2.05) is 6.92 Å². The molecule has 1 aromatic carbocycles. The fourth-order valence-electron chi connectivity index (χ4n) is 2.47. The molecule has 146 valence electrons. The van der Waals surface area contributed by atoms with Gasteiger partial charge in [-0.15, -0.1) is 0 Å². The van der Waals surface area contributed by atoms with Crippen molar-refractivity contribution in [2.45, 2.75) is 38.1 Å². The predicted octanol–water partition coefficient (Wildman–Crippen LogP) is 3.42. The van der Waals surface area contributed by atoms with Crippen LogP contribution in [0.3, 0.4) is 0 Å². The highest BCUT2D eigenvalue weighted by Gasteiger charge is 2.14. The van der Waals surface area contributed by atoms with Crippen molar-refractivity contribution in [1.29, 1.82) is 0 Å². The van der Waals surface area contributed by atoms with E-state index in [0.29, 0.717) is 12.3 Å². The van der Waals surface area contributed by atoms with Gasteiger partial charge in [-0.3, -0.25) is 4.79 Å². The molecule has 1 heterocycles. The average Bonchev–Trinajstić information content (AvgIpc) is 3.19. The van der Waals surface area contributed by atoms with Gasteiger partial charge in [0.1, 0.15) is 5.76 Å². The van der Waals surface area contributed by atoms with Crippen LogP contribution >= 0.6 is 0 Å². The molecule has 0 aliphatic carbocycles. The minimum absolute atomic E-state index is 0.0391. The molecule has 27 heavy (non-hydrogen) atoms. The van der Waals surface area contributed by atoms with E-state index in [1.165, 1.54) is 24.5 Å². The van der Waals surface area contributed by atoms with Crippen LogP contribution in [0.25, 0.3) is 6.08 Å². The van der Waals surface area contributed by atoms with Gasteiger partial charge in [0.25, 0.3) is 0 Å². The average molecular weight is 391 g/mol. The highest BCUT2D eigenvalue weighted by Crippen LogP contribution is 2.13. The van der Waals surface area contributed by atoms with Gasteiger partial charge in [0.15, 0.2) is 0 Å². The Balaban J connectivity index is 1.98. The van der Waals surface area contributed by atoms with Crippen molar-refractivity contribution < 1.29 is 17.6 Å². The number of unbranched alkanes of at least 4 members (excludes halogenated alkanes) is 1. The molecule has 0 atom stereocenters. The summed E-state index contributed by atoms with van der Waals surface area (Å²) in [7, 11) is -3.62. The van der Waals surface area contributed by atoms with Gasteiger partial charge in [-0.1, -0.05) is 25.5 Å². The molecule has 2 rings (SSSR count). The minimum Gasteiger partial charge on any atom is -0.468 e. The van der Waals surface area contributed by atoms with Crippen molar-refractivity contribution in [2.24, 2.45) is 0 Å². The van der Waals surface area contributed by atoms with Gasteiger partial charge in [0.2, 0.25) is 15.9 Å². The zero-order valence-corrected chi connectivity index (χ0v) is 16.5. The summed E-state index contributed by atoms with van der Waals surface area (Å²) in [6, 6.07) is 9.79. The molecule has 1 amide bonds. The van der Waals surface area contributed by atoms with E-state index in [1.54, 1.807) is 35.2 Å². The Kier molecular flexibility index (Phi) is 7.82. The van der Waals surface area contributed by atoms with E-state index < -0.39 is 10.0 Å². The molecule has 6 nitrogen and oxygen atoms in total. The van der Waals surface area contributed by atoms with Gasteiger partial charge < -0.3 is 9.32 Å². The number of hydrogen-bond donors (Lipinski definition) is 1. The monoisotopic (exact) mass is 390 g/mol. The second-order valence-electron chi connectivity index (χ2n) is 6.08. The normalized spacial score (nSPS) is 11.8. The predicted molar refractivity (Wildman–Crippen MR) is 105 cm³/mol. The smallest absolute Gasteiger partial charge is 0.246 e. The first-order chi connectivity index (χ1) is 13.0. The molecule has 0 unspecified atom stereocenters. The first kappa shape index (κ1) is 20.9. The Bertz CT molecular complexity index is 841. The molecule has 0 aliphatic heterocycles. The van der Waals surface area contributed by atoms with Crippen LogP contribution in [0, 0.1) is 0 Å². The van der Waals surface area contributed by atoms with Gasteiger partial charge in [0, 0.05) is 19.2 Å². The molecule has 0 spiro atoms. The van der Waals surface area contributed by atoms with E-state index in [0.717, 1.165) is 24.9 Å². The molecule has 1 aromatic heterocycles. The maximum atomic E-state index is 12.3. The molecule has 0 bridgehead atoms. The van der Waals surface area contributed by atoms with Gasteiger partial charge in [0.05, 0.1) is 17.7 Å². The van der Waals surface area contributed by atoms with Crippen molar-refractivity contribution in [3.05, 3.63) is 60.1 Å². The summed E-state index contributed by atoms with van der Waals surface area (Å²) in [5.41, 5.74) is 0.764. The van der Waals surface area contributed by atoms with Crippen LogP contribution in [-0.4, -0.2) is 32.3 Å². The fourth-order valence-corrected chi connectivity index (χ4v) is 3.46. The zero-order valence-electron chi connectivity index (χ0n) is 15.7. The van der Waals surface area contributed by atoms with Crippen molar-refractivity contribution in [1.82, 2.24) is 9.62 Å². The number of hydrogen-bond acceptors (Lipinski definition) is 4. The fraction of sp³-hybridized carbons (Fsp3) is 0.350. The minimum atomic E-state index is -3.62. The molecule has 2 aromatic rings. The Morgan fingerprint density at radius 3 is 2.52 bits per heavy atom. The van der Waals surface area contributed by atoms with Crippen molar-refractivity contribution in [3.63, 3.8) is 0 Å². The second kappa shape index (κ2) is 10.1. The van der Waals surface area contributed by atoms with Crippen LogP contribution < -0.4 is 4.72 Å². The number of carbonyl (C=O) groups is 1. The number of furan rings is 1. The molecule has 0 saturated carbocycles. The number of likely N-dealkylation sites (N-methyl/N-ethyl adjacent to an activating group) is 1. The van der Waals surface area contributed by atoms with Crippen molar-refractivity contribution >= 4 is 22.0 Å². The molecular formula is C20H26N2O4S. The molecule has 0 radical (unpaired) electrons. The SMILES string of the molecule is CCCCN(CC)C(=O)/C=C/c1ccc(S(=O)(=O)NCc2ccco2)cc1. The van der Waals surface area contributed by atoms with Crippen LogP contribution in [0.4, 0.5) is 0 Å². The lowest BCUT2D eigenvalue weighted by Gasteiger charge is -2.18. The van der Waals surface area contributed by atoms with Gasteiger partial charge in [-0.25, -0.2) is 13.1 Å². The molecule has 0 fully saturated rings. The third-order valence-corrected chi connectivity index (χ3v) is 5.52. The molecular weight excluding hydrogens is 364 g/mol. The summed E-state index contributed by atoms with van der Waals surface area (Å²) in [4.78, 5) is 14.2. The Morgan fingerprint density at radius 2 is 1.93 bits per heavy atom. The summed E-state index contributed by atoms with van der Waals surface area (Å²) in [5, 5.41) is 0. The number of nitrogens with zero attached hydrogens (tertiary/aromatic N) is 1. The maximum absolute atomic E-state index is 12.3. The highest BCUT2D eigenvalue weighted by molar-refractivity contribution is 7.89. The van der Waals surface area contributed by atoms with Gasteiger partial charge in [-0.2, -0.15) is 0 Å². The van der Waals surface area contributed by atoms with Gasteiger partial charge >= 0.3 is 0 Å². The summed E-state index contributed by atoms with van der Waals surface area (Å²) >= 11 is 0. The molecule has 1 N–H and O–H groups in total. The highest BCUT2D eigenvalue weighted by atomic mass is 32.2. The van der Waals surface area contributed by atoms with Crippen molar-refractivity contribution in [3.8, 4) is 0 Å². The maximum Gasteiger partial charge on any atom is 0.246 e.